The zero-order valence-corrected chi connectivity index (χ0v) is 13.2. The topological polar surface area (TPSA) is 41.6 Å². The standard InChI is InChI=1S/C7H16N2.C5H10O2.C2H6/c1-8-7-3-5-9(2)6-4-7;1-5(2,3)7-4-6;1-2/h7-8H,3-6H2,1-2H3;4H,1-3H3;1-2H3. The molecule has 0 atom stereocenters. The van der Waals surface area contributed by atoms with E-state index in [-0.39, 0.29) is 5.60 Å². The molecule has 0 aromatic heterocycles. The molecule has 0 aromatic carbocycles. The highest BCUT2D eigenvalue weighted by atomic mass is 16.5. The summed E-state index contributed by atoms with van der Waals surface area (Å²) >= 11 is 0. The third-order valence-corrected chi connectivity index (χ3v) is 2.53. The fraction of sp³-hybridized carbons (Fsp3) is 0.929. The van der Waals surface area contributed by atoms with Gasteiger partial charge in [-0.2, -0.15) is 0 Å². The summed E-state index contributed by atoms with van der Waals surface area (Å²) in [5, 5.41) is 3.30. The number of hydrogen-bond acceptors (Lipinski definition) is 4. The Bertz CT molecular complexity index is 183. The summed E-state index contributed by atoms with van der Waals surface area (Å²) in [4.78, 5) is 12.0. The molecule has 110 valence electrons. The van der Waals surface area contributed by atoms with Crippen LogP contribution >= 0.6 is 0 Å². The van der Waals surface area contributed by atoms with Gasteiger partial charge in [0.15, 0.2) is 0 Å². The Morgan fingerprint density at radius 3 is 1.89 bits per heavy atom. The first-order chi connectivity index (χ1) is 8.39. The molecule has 1 saturated heterocycles. The van der Waals surface area contributed by atoms with E-state index < -0.39 is 0 Å². The highest BCUT2D eigenvalue weighted by Gasteiger charge is 2.13. The molecule has 1 rings (SSSR count). The van der Waals surface area contributed by atoms with Crippen molar-refractivity contribution in [2.45, 2.75) is 59.1 Å². The molecule has 0 spiro atoms. The molecular weight excluding hydrogens is 228 g/mol. The zero-order valence-electron chi connectivity index (χ0n) is 13.2. The van der Waals surface area contributed by atoms with Crippen LogP contribution in [0.25, 0.3) is 0 Å². The van der Waals surface area contributed by atoms with E-state index in [1.807, 2.05) is 34.6 Å². The van der Waals surface area contributed by atoms with Crippen LogP contribution in [-0.2, 0) is 9.53 Å². The summed E-state index contributed by atoms with van der Waals surface area (Å²) in [6.07, 6.45) is 2.62. The molecule has 0 aromatic rings. The average molecular weight is 260 g/mol. The van der Waals surface area contributed by atoms with Gasteiger partial charge in [0.2, 0.25) is 0 Å². The van der Waals surface area contributed by atoms with Crippen molar-refractivity contribution in [2.24, 2.45) is 0 Å². The molecule has 1 aliphatic heterocycles. The Balaban J connectivity index is 0. The zero-order chi connectivity index (χ0) is 14.6. The number of carbonyl (C=O) groups excluding carboxylic acids is 1. The van der Waals surface area contributed by atoms with Gasteiger partial charge in [0.05, 0.1) is 0 Å². The molecule has 1 fully saturated rings. The third-order valence-electron chi connectivity index (χ3n) is 2.53. The normalized spacial score (nSPS) is 16.8. The highest BCUT2D eigenvalue weighted by Crippen LogP contribution is 2.06. The number of hydrogen-bond donors (Lipinski definition) is 1. The van der Waals surface area contributed by atoms with Crippen LogP contribution in [0.1, 0.15) is 47.5 Å². The predicted octanol–water partition coefficient (Wildman–Crippen LogP) is 2.28. The second-order valence-corrected chi connectivity index (χ2v) is 5.19. The van der Waals surface area contributed by atoms with Gasteiger partial charge in [0.25, 0.3) is 6.47 Å². The lowest BCUT2D eigenvalue weighted by molar-refractivity contribution is -0.138. The first-order valence-corrected chi connectivity index (χ1v) is 6.86. The molecule has 0 saturated carbocycles. The molecule has 1 heterocycles. The second kappa shape index (κ2) is 11.5. The van der Waals surface area contributed by atoms with Gasteiger partial charge in [-0.1, -0.05) is 13.8 Å². The van der Waals surface area contributed by atoms with E-state index in [1.54, 1.807) is 0 Å². The van der Waals surface area contributed by atoms with E-state index in [4.69, 9.17) is 0 Å². The Hall–Kier alpha value is -0.610. The summed E-state index contributed by atoms with van der Waals surface area (Å²) in [5.41, 5.74) is -0.318. The van der Waals surface area contributed by atoms with E-state index >= 15 is 0 Å². The van der Waals surface area contributed by atoms with Gasteiger partial charge in [-0.3, -0.25) is 4.79 Å². The lowest BCUT2D eigenvalue weighted by Gasteiger charge is -2.28. The number of carbonyl (C=O) groups is 1. The maximum absolute atomic E-state index is 9.60. The van der Waals surface area contributed by atoms with Crippen molar-refractivity contribution in [3.05, 3.63) is 0 Å². The molecule has 0 unspecified atom stereocenters. The summed E-state index contributed by atoms with van der Waals surface area (Å²) < 4.78 is 4.55. The van der Waals surface area contributed by atoms with Gasteiger partial charge in [-0.15, -0.1) is 0 Å². The van der Waals surface area contributed by atoms with Gasteiger partial charge in [-0.05, 0) is 60.8 Å². The maximum Gasteiger partial charge on any atom is 0.293 e. The van der Waals surface area contributed by atoms with Crippen molar-refractivity contribution in [3.8, 4) is 0 Å². The first kappa shape index (κ1) is 19.7. The van der Waals surface area contributed by atoms with Crippen molar-refractivity contribution in [3.63, 3.8) is 0 Å². The smallest absolute Gasteiger partial charge is 0.293 e. The Labute approximate surface area is 113 Å². The Morgan fingerprint density at radius 1 is 1.22 bits per heavy atom. The molecule has 4 nitrogen and oxygen atoms in total. The van der Waals surface area contributed by atoms with Crippen LogP contribution in [0.3, 0.4) is 0 Å². The van der Waals surface area contributed by atoms with Crippen molar-refractivity contribution in [1.29, 1.82) is 0 Å². The largest absolute Gasteiger partial charge is 0.462 e. The van der Waals surface area contributed by atoms with Crippen LogP contribution in [0.5, 0.6) is 0 Å². The fourth-order valence-electron chi connectivity index (χ4n) is 1.44. The molecule has 18 heavy (non-hydrogen) atoms. The minimum Gasteiger partial charge on any atom is -0.462 e. The van der Waals surface area contributed by atoms with Gasteiger partial charge < -0.3 is 15.0 Å². The second-order valence-electron chi connectivity index (χ2n) is 5.19. The Morgan fingerprint density at radius 2 is 1.67 bits per heavy atom. The lowest BCUT2D eigenvalue weighted by atomic mass is 10.1. The molecule has 4 heteroatoms. The summed E-state index contributed by atoms with van der Waals surface area (Å²) in [7, 11) is 4.24. The monoisotopic (exact) mass is 260 g/mol. The maximum atomic E-state index is 9.60. The SMILES string of the molecule is CC.CC(C)(C)OC=O.CNC1CCN(C)CC1. The summed E-state index contributed by atoms with van der Waals surface area (Å²) in [6.45, 7) is 12.4. The van der Waals surface area contributed by atoms with Gasteiger partial charge in [0.1, 0.15) is 5.60 Å². The molecule has 1 aliphatic rings. The highest BCUT2D eigenvalue weighted by molar-refractivity contribution is 5.37. The average Bonchev–Trinajstić information content (AvgIpc) is 2.32. The van der Waals surface area contributed by atoms with Gasteiger partial charge in [0, 0.05) is 6.04 Å². The number of nitrogens with zero attached hydrogens (tertiary/aromatic N) is 1. The van der Waals surface area contributed by atoms with Crippen LogP contribution < -0.4 is 5.32 Å². The lowest BCUT2D eigenvalue weighted by Crippen LogP contribution is -2.39. The van der Waals surface area contributed by atoms with Crippen LogP contribution in [0.15, 0.2) is 0 Å². The van der Waals surface area contributed by atoms with Crippen molar-refractivity contribution >= 4 is 6.47 Å². The quantitative estimate of drug-likeness (QED) is 0.774. The summed E-state index contributed by atoms with van der Waals surface area (Å²) in [5.74, 6) is 0. The van der Waals surface area contributed by atoms with Crippen molar-refractivity contribution in [1.82, 2.24) is 10.2 Å². The number of likely N-dealkylation sites (tertiary alicyclic amines) is 1. The van der Waals surface area contributed by atoms with Crippen LogP contribution in [0, 0.1) is 0 Å². The van der Waals surface area contributed by atoms with Crippen LogP contribution in [0.4, 0.5) is 0 Å². The number of ether oxygens (including phenoxy) is 1. The van der Waals surface area contributed by atoms with E-state index in [0.29, 0.717) is 6.47 Å². The van der Waals surface area contributed by atoms with E-state index in [2.05, 4.69) is 29.0 Å². The summed E-state index contributed by atoms with van der Waals surface area (Å²) in [6, 6.07) is 0.779. The van der Waals surface area contributed by atoms with Gasteiger partial charge >= 0.3 is 0 Å². The molecular formula is C14H32N2O2. The minimum absolute atomic E-state index is 0.318. The molecule has 1 N–H and O–H groups in total. The number of nitrogens with one attached hydrogen (secondary N) is 1. The first-order valence-electron chi connectivity index (χ1n) is 6.86. The molecule has 0 aliphatic carbocycles. The van der Waals surface area contributed by atoms with E-state index in [9.17, 15) is 4.79 Å². The minimum atomic E-state index is -0.318. The molecule has 0 bridgehead atoms. The number of piperidine rings is 1. The van der Waals surface area contributed by atoms with E-state index in [1.165, 1.54) is 25.9 Å². The Kier molecular flexibility index (Phi) is 12.6. The fourth-order valence-corrected chi connectivity index (χ4v) is 1.44. The predicted molar refractivity (Wildman–Crippen MR) is 77.8 cm³/mol. The third kappa shape index (κ3) is 13.5. The molecule has 0 radical (unpaired) electrons. The molecule has 0 amide bonds. The van der Waals surface area contributed by atoms with Crippen molar-refractivity contribution in [2.75, 3.05) is 27.2 Å². The van der Waals surface area contributed by atoms with Gasteiger partial charge in [-0.25, -0.2) is 0 Å². The number of rotatable bonds is 2. The van der Waals surface area contributed by atoms with Crippen molar-refractivity contribution < 1.29 is 9.53 Å². The van der Waals surface area contributed by atoms with Crippen LogP contribution in [-0.4, -0.2) is 50.2 Å². The van der Waals surface area contributed by atoms with Crippen LogP contribution in [0.2, 0.25) is 0 Å². The van der Waals surface area contributed by atoms with E-state index in [0.717, 1.165) is 6.04 Å².